The lowest BCUT2D eigenvalue weighted by Crippen LogP contribution is -2.69. The van der Waals surface area contributed by atoms with E-state index in [0.29, 0.717) is 53.2 Å². The number of aryl methyl sites for hydroxylation is 1. The van der Waals surface area contributed by atoms with Crippen molar-refractivity contribution in [2.24, 2.45) is 5.92 Å². The predicted molar refractivity (Wildman–Crippen MR) is 165 cm³/mol. The van der Waals surface area contributed by atoms with E-state index in [9.17, 15) is 24.2 Å². The first-order chi connectivity index (χ1) is 22.0. The molecule has 0 spiro atoms. The Kier molecular flexibility index (Phi) is 9.46. The fraction of sp³-hybridized carbons (Fsp3) is 0.323. The van der Waals surface area contributed by atoms with Crippen molar-refractivity contribution < 1.29 is 49.0 Å². The first-order valence-electron chi connectivity index (χ1n) is 14.5. The van der Waals surface area contributed by atoms with Gasteiger partial charge >= 0.3 is 6.16 Å². The van der Waals surface area contributed by atoms with Crippen molar-refractivity contribution in [3.05, 3.63) is 89.4 Å². The highest BCUT2D eigenvalue weighted by atomic mass is 19.1. The first kappa shape index (κ1) is 34.0. The summed E-state index contributed by atoms with van der Waals surface area (Å²) in [6, 6.07) is 15.4. The van der Waals surface area contributed by atoms with Crippen LogP contribution < -0.4 is 10.1 Å². The van der Waals surface area contributed by atoms with Crippen LogP contribution in [0.3, 0.4) is 0 Å². The molecule has 5 rings (SSSR count). The van der Waals surface area contributed by atoms with Crippen molar-refractivity contribution >= 4 is 38.4 Å². The highest BCUT2D eigenvalue weighted by Crippen LogP contribution is 2.27. The van der Waals surface area contributed by atoms with Crippen LogP contribution in [0.2, 0.25) is 0 Å². The Morgan fingerprint density at radius 3 is 2.15 bits per heavy atom. The summed E-state index contributed by atoms with van der Waals surface area (Å²) >= 11 is 0. The number of piperidine rings is 1. The van der Waals surface area contributed by atoms with Gasteiger partial charge in [-0.3, -0.25) is 14.3 Å². The van der Waals surface area contributed by atoms with E-state index in [1.54, 1.807) is 53.0 Å². The van der Waals surface area contributed by atoms with E-state index >= 15 is 0 Å². The Hall–Kier alpha value is -4.31. The minimum absolute atomic E-state index is 0.0539. The lowest BCUT2D eigenvalue weighted by Gasteiger charge is -2.40. The molecule has 0 unspecified atom stereocenters. The molecule has 242 valence electrons. The van der Waals surface area contributed by atoms with Crippen molar-refractivity contribution in [2.75, 3.05) is 13.1 Å². The van der Waals surface area contributed by atoms with Gasteiger partial charge in [0.25, 0.3) is 17.8 Å². The van der Waals surface area contributed by atoms with Crippen LogP contribution in [-0.2, 0) is 11.3 Å². The van der Waals surface area contributed by atoms with Crippen molar-refractivity contribution in [1.29, 1.82) is 0 Å². The van der Waals surface area contributed by atoms with Crippen molar-refractivity contribution in [3.8, 4) is 11.5 Å². The molecule has 6 N–H and O–H groups in total. The van der Waals surface area contributed by atoms with Crippen LogP contribution in [0.15, 0.2) is 66.9 Å². The Morgan fingerprint density at radius 1 is 0.957 bits per heavy atom. The summed E-state index contributed by atoms with van der Waals surface area (Å²) in [6.45, 7) is 3.34. The Balaban J connectivity index is 1.17. The summed E-state index contributed by atoms with van der Waals surface area (Å²) in [4.78, 5) is 27.9. The third-order valence-electron chi connectivity index (χ3n) is 7.89. The third-order valence-corrected chi connectivity index (χ3v) is 7.89. The van der Waals surface area contributed by atoms with E-state index in [-0.39, 0.29) is 23.2 Å². The molecule has 1 aliphatic rings. The lowest BCUT2D eigenvalue weighted by atomic mass is 9.59. The third kappa shape index (κ3) is 7.98. The minimum atomic E-state index is -4.01. The number of ether oxygens (including phenoxy) is 2. The highest BCUT2D eigenvalue weighted by molar-refractivity contribution is 6.42. The maximum absolute atomic E-state index is 13.1. The second-order valence-corrected chi connectivity index (χ2v) is 11.4. The Labute approximate surface area is 271 Å². The lowest BCUT2D eigenvalue weighted by molar-refractivity contribution is -0.541. The van der Waals surface area contributed by atoms with E-state index in [2.05, 4.69) is 9.84 Å². The number of halogens is 1. The zero-order chi connectivity index (χ0) is 34.1. The summed E-state index contributed by atoms with van der Waals surface area (Å²) in [5.74, 6) is -3.95. The van der Waals surface area contributed by atoms with Crippen LogP contribution in [0.4, 0.5) is 4.39 Å². The van der Waals surface area contributed by atoms with Crippen molar-refractivity contribution in [2.45, 2.75) is 43.8 Å². The van der Waals surface area contributed by atoms with Gasteiger partial charge in [0, 0.05) is 47.7 Å². The number of carbonyl (C=O) groups is 2. The molecular formula is C31H31B2FN4O9. The van der Waals surface area contributed by atoms with Crippen LogP contribution >= 0.6 is 0 Å². The van der Waals surface area contributed by atoms with Crippen LogP contribution in [0.1, 0.15) is 39.1 Å². The number of nitrogens with zero attached hydrogens (tertiary/aromatic N) is 3. The maximum Gasteiger partial charge on any atom is 0.409 e. The first-order valence-corrected chi connectivity index (χ1v) is 14.5. The molecule has 2 heterocycles. The average molecular weight is 644 g/mol. The number of likely N-dealkylation sites (tertiary alicyclic amines) is 1. The van der Waals surface area contributed by atoms with Gasteiger partial charge in [-0.2, -0.15) is 5.10 Å². The van der Waals surface area contributed by atoms with E-state index in [1.807, 2.05) is 5.32 Å². The van der Waals surface area contributed by atoms with E-state index in [4.69, 9.17) is 35.7 Å². The quantitative estimate of drug-likeness (QED) is 0.107. The molecule has 1 aliphatic heterocycles. The van der Waals surface area contributed by atoms with Gasteiger partial charge in [0.2, 0.25) is 0 Å². The molecule has 4 radical (unpaired) electrons. The number of aliphatic hydroxyl groups is 5. The zero-order valence-corrected chi connectivity index (χ0v) is 25.2. The number of carbonyl (C=O) groups excluding carboxylic acids is 2. The molecule has 1 fully saturated rings. The molecule has 4 aromatic rings. The highest BCUT2D eigenvalue weighted by Gasteiger charge is 2.48. The van der Waals surface area contributed by atoms with Crippen molar-refractivity contribution in [1.82, 2.24) is 20.0 Å². The number of amides is 2. The van der Waals surface area contributed by atoms with Crippen molar-refractivity contribution in [3.63, 3.8) is 0 Å². The van der Waals surface area contributed by atoms with Gasteiger partial charge in [0.15, 0.2) is 0 Å². The Morgan fingerprint density at radius 2 is 1.55 bits per heavy atom. The number of rotatable bonds is 10. The fourth-order valence-corrected chi connectivity index (χ4v) is 5.30. The molecule has 0 saturated carbocycles. The molecule has 1 aromatic heterocycles. The second kappa shape index (κ2) is 13.1. The van der Waals surface area contributed by atoms with Gasteiger partial charge in [0.1, 0.15) is 33.0 Å². The molecular weight excluding hydrogens is 613 g/mol. The van der Waals surface area contributed by atoms with Gasteiger partial charge in [-0.25, -0.2) is 9.13 Å². The maximum atomic E-state index is 13.1. The molecule has 1 saturated heterocycles. The summed E-state index contributed by atoms with van der Waals surface area (Å²) in [5, 5.41) is 50.6. The molecule has 0 bridgehead atoms. The van der Waals surface area contributed by atoms with Gasteiger partial charge in [-0.05, 0) is 91.9 Å². The van der Waals surface area contributed by atoms with E-state index in [0.717, 1.165) is 12.8 Å². The fourth-order valence-electron chi connectivity index (χ4n) is 5.30. The molecule has 47 heavy (non-hydrogen) atoms. The predicted octanol–water partition coefficient (Wildman–Crippen LogP) is 0.792. The number of hydrogen-bond acceptors (Lipinski definition) is 10. The second-order valence-electron chi connectivity index (χ2n) is 11.4. The topological polar surface area (TPSA) is 187 Å². The molecule has 3 aromatic carbocycles. The molecule has 2 amide bonds. The van der Waals surface area contributed by atoms with Crippen LogP contribution in [0.5, 0.6) is 11.5 Å². The summed E-state index contributed by atoms with van der Waals surface area (Å²) < 4.78 is 24.4. The van der Waals surface area contributed by atoms with Crippen LogP contribution in [0.25, 0.3) is 10.9 Å². The monoisotopic (exact) mass is 644 g/mol. The van der Waals surface area contributed by atoms with Crippen LogP contribution in [0, 0.1) is 18.7 Å². The summed E-state index contributed by atoms with van der Waals surface area (Å²) in [5.41, 5.74) is 1.65. The van der Waals surface area contributed by atoms with Gasteiger partial charge in [-0.1, -0.05) is 0 Å². The number of fused-ring (bicyclic) bond motifs is 1. The number of nitrogens with one attached hydrogen (secondary N) is 1. The molecule has 16 heteroatoms. The number of benzene rings is 3. The smallest absolute Gasteiger partial charge is 0.409 e. The summed E-state index contributed by atoms with van der Waals surface area (Å²) in [7, 11) is 11.1. The SMILES string of the molecule is [B]C([B])(NC(=O)c1ccc2nn(CC3CCN(C(=O)c4ccc(Oc5ccc(F)cc5)cc4)CC3)cc2c1C)C(O)(O)OC(O)(O)O. The Bertz CT molecular complexity index is 1750. The largest absolute Gasteiger partial charge is 0.457 e. The number of hydrogen-bond donors (Lipinski definition) is 6. The van der Waals surface area contributed by atoms with E-state index in [1.165, 1.54) is 30.3 Å². The molecule has 0 aliphatic carbocycles. The molecule has 0 atom stereocenters. The van der Waals surface area contributed by atoms with Gasteiger partial charge < -0.3 is 40.5 Å². The van der Waals surface area contributed by atoms with Gasteiger partial charge in [0.05, 0.1) is 5.52 Å². The van der Waals surface area contributed by atoms with Crippen LogP contribution in [-0.4, -0.2) is 98.3 Å². The summed E-state index contributed by atoms with van der Waals surface area (Å²) in [6.07, 6.45) is -0.740. The zero-order valence-electron chi connectivity index (χ0n) is 25.2. The molecule has 13 nitrogen and oxygen atoms in total. The standard InChI is InChI=1S/C31H31B2FN4O9/c1-18-24(27(39)35-29(32,33)30(41,42)47-31(43,44)45)10-11-26-25(18)17-38(36-26)16-19-12-14-37(15-13-19)28(40)20-2-6-22(7-3-20)46-23-8-4-21(34)5-9-23/h2-11,17,19,41-45H,12-16H2,1H3,(H,35,39). The van der Waals surface area contributed by atoms with Gasteiger partial charge in [-0.15, -0.1) is 0 Å². The number of aromatic nitrogens is 2. The van der Waals surface area contributed by atoms with E-state index < -0.39 is 23.4 Å². The minimum Gasteiger partial charge on any atom is -0.457 e. The average Bonchev–Trinajstić information content (AvgIpc) is 3.41. The normalized spacial score (nSPS) is 14.7.